The van der Waals surface area contributed by atoms with E-state index >= 15 is 0 Å². The van der Waals surface area contributed by atoms with Crippen LogP contribution in [0, 0.1) is 6.92 Å². The molecule has 2 rings (SSSR count). The number of thiophene rings is 1. The predicted molar refractivity (Wildman–Crippen MR) is 80.2 cm³/mol. The molecule has 2 N–H and O–H groups in total. The number of hydrogen-bond acceptors (Lipinski definition) is 4. The van der Waals surface area contributed by atoms with Gasteiger partial charge in [-0.05, 0) is 48.3 Å². The summed E-state index contributed by atoms with van der Waals surface area (Å²) in [6.07, 6.45) is 2.30. The number of halogens is 1. The van der Waals surface area contributed by atoms with Crippen LogP contribution in [-0.2, 0) is 4.74 Å². The van der Waals surface area contributed by atoms with Crippen LogP contribution < -0.4 is 5.73 Å². The van der Waals surface area contributed by atoms with Gasteiger partial charge in [0.1, 0.15) is 0 Å². The van der Waals surface area contributed by atoms with Crippen molar-refractivity contribution in [2.45, 2.75) is 31.8 Å². The molecule has 1 aromatic heterocycles. The summed E-state index contributed by atoms with van der Waals surface area (Å²) in [6, 6.07) is 2.82. The van der Waals surface area contributed by atoms with Crippen LogP contribution in [0.4, 0.5) is 0 Å². The Hall–Kier alpha value is 0.0600. The van der Waals surface area contributed by atoms with E-state index < -0.39 is 0 Å². The molecular formula is C13H21BrN2OS. The highest BCUT2D eigenvalue weighted by Gasteiger charge is 2.31. The first kappa shape index (κ1) is 14.5. The van der Waals surface area contributed by atoms with E-state index in [1.165, 1.54) is 20.6 Å². The van der Waals surface area contributed by atoms with E-state index in [0.29, 0.717) is 6.04 Å². The number of methoxy groups -OCH3 is 1. The van der Waals surface area contributed by atoms with Crippen LogP contribution in [0.1, 0.15) is 28.6 Å². The molecule has 1 aliphatic heterocycles. The summed E-state index contributed by atoms with van der Waals surface area (Å²) in [6.45, 7) is 5.00. The first-order valence-electron chi connectivity index (χ1n) is 6.38. The lowest BCUT2D eigenvalue weighted by Crippen LogP contribution is -2.46. The standard InChI is InChI=1S/C13H21BrN2OS/c1-9-10(14)8-12(18-9)13-11(15)4-3-5-16(13)6-7-17-2/h8,11,13H,3-7,15H2,1-2H3. The lowest BCUT2D eigenvalue weighted by molar-refractivity contribution is 0.0863. The normalized spacial score (nSPS) is 25.6. The largest absolute Gasteiger partial charge is 0.383 e. The van der Waals surface area contributed by atoms with Gasteiger partial charge in [0.05, 0.1) is 12.6 Å². The average molecular weight is 333 g/mol. The molecule has 3 nitrogen and oxygen atoms in total. The van der Waals surface area contributed by atoms with Gasteiger partial charge in [0, 0.05) is 33.9 Å². The molecule has 0 aliphatic carbocycles. The van der Waals surface area contributed by atoms with Crippen LogP contribution >= 0.6 is 27.3 Å². The molecule has 1 aromatic rings. The van der Waals surface area contributed by atoms with E-state index in [-0.39, 0.29) is 6.04 Å². The monoisotopic (exact) mass is 332 g/mol. The molecule has 0 radical (unpaired) electrons. The third kappa shape index (κ3) is 3.14. The van der Waals surface area contributed by atoms with Gasteiger partial charge >= 0.3 is 0 Å². The van der Waals surface area contributed by atoms with Gasteiger partial charge in [-0.3, -0.25) is 4.90 Å². The molecule has 2 atom stereocenters. The van der Waals surface area contributed by atoms with Crippen LogP contribution in [0.25, 0.3) is 0 Å². The van der Waals surface area contributed by atoms with Crippen molar-refractivity contribution in [3.63, 3.8) is 0 Å². The van der Waals surface area contributed by atoms with Crippen molar-refractivity contribution in [2.75, 3.05) is 26.8 Å². The predicted octanol–water partition coefficient (Wildman–Crippen LogP) is 2.93. The van der Waals surface area contributed by atoms with Crippen molar-refractivity contribution in [3.8, 4) is 0 Å². The van der Waals surface area contributed by atoms with E-state index in [1.807, 2.05) is 11.3 Å². The van der Waals surface area contributed by atoms with Gasteiger partial charge < -0.3 is 10.5 Å². The van der Waals surface area contributed by atoms with E-state index in [1.54, 1.807) is 7.11 Å². The Balaban J connectivity index is 2.18. The summed E-state index contributed by atoms with van der Waals surface area (Å²) in [4.78, 5) is 5.17. The highest BCUT2D eigenvalue weighted by atomic mass is 79.9. The molecule has 0 saturated carbocycles. The summed E-state index contributed by atoms with van der Waals surface area (Å²) in [5, 5.41) is 0. The van der Waals surface area contributed by atoms with Crippen molar-refractivity contribution >= 4 is 27.3 Å². The fourth-order valence-corrected chi connectivity index (χ4v) is 4.35. The second kappa shape index (κ2) is 6.48. The van der Waals surface area contributed by atoms with Crippen LogP contribution in [0.5, 0.6) is 0 Å². The zero-order chi connectivity index (χ0) is 13.1. The number of hydrogen-bond donors (Lipinski definition) is 1. The minimum Gasteiger partial charge on any atom is -0.383 e. The van der Waals surface area contributed by atoms with Gasteiger partial charge in [-0.1, -0.05) is 0 Å². The minimum absolute atomic E-state index is 0.237. The molecule has 0 bridgehead atoms. The molecule has 1 saturated heterocycles. The number of ether oxygens (including phenoxy) is 1. The Morgan fingerprint density at radius 3 is 3.00 bits per heavy atom. The molecule has 18 heavy (non-hydrogen) atoms. The zero-order valence-electron chi connectivity index (χ0n) is 11.0. The van der Waals surface area contributed by atoms with Gasteiger partial charge in [-0.25, -0.2) is 0 Å². The van der Waals surface area contributed by atoms with Gasteiger partial charge in [0.2, 0.25) is 0 Å². The maximum absolute atomic E-state index is 6.34. The third-order valence-electron chi connectivity index (χ3n) is 3.53. The molecule has 2 heterocycles. The minimum atomic E-state index is 0.237. The summed E-state index contributed by atoms with van der Waals surface area (Å²) >= 11 is 5.45. The number of aryl methyl sites for hydroxylation is 1. The van der Waals surface area contributed by atoms with Crippen LogP contribution in [0.2, 0.25) is 0 Å². The number of nitrogens with two attached hydrogens (primary N) is 1. The molecule has 1 aliphatic rings. The molecule has 0 spiro atoms. The highest BCUT2D eigenvalue weighted by Crippen LogP contribution is 2.37. The van der Waals surface area contributed by atoms with E-state index in [2.05, 4.69) is 33.8 Å². The maximum atomic E-state index is 6.34. The Bertz CT molecular complexity index is 377. The second-order valence-corrected chi connectivity index (χ2v) is 6.97. The van der Waals surface area contributed by atoms with Crippen molar-refractivity contribution in [2.24, 2.45) is 5.73 Å². The van der Waals surface area contributed by atoms with Gasteiger partial charge in [0.25, 0.3) is 0 Å². The number of likely N-dealkylation sites (tertiary alicyclic amines) is 1. The molecule has 0 amide bonds. The summed E-state index contributed by atoms with van der Waals surface area (Å²) in [5.74, 6) is 0. The lowest BCUT2D eigenvalue weighted by atomic mass is 9.95. The zero-order valence-corrected chi connectivity index (χ0v) is 13.4. The smallest absolute Gasteiger partial charge is 0.0594 e. The van der Waals surface area contributed by atoms with E-state index in [9.17, 15) is 0 Å². The molecule has 5 heteroatoms. The van der Waals surface area contributed by atoms with Crippen molar-refractivity contribution in [1.29, 1.82) is 0 Å². The van der Waals surface area contributed by atoms with Crippen LogP contribution in [-0.4, -0.2) is 37.7 Å². The SMILES string of the molecule is COCCN1CCCC(N)C1c1cc(Br)c(C)s1. The van der Waals surface area contributed by atoms with Crippen molar-refractivity contribution in [1.82, 2.24) is 4.90 Å². The first-order chi connectivity index (χ1) is 8.63. The Morgan fingerprint density at radius 1 is 1.61 bits per heavy atom. The average Bonchev–Trinajstić information content (AvgIpc) is 2.66. The van der Waals surface area contributed by atoms with Gasteiger partial charge in [0.15, 0.2) is 0 Å². The Kier molecular flexibility index (Phi) is 5.21. The van der Waals surface area contributed by atoms with E-state index in [4.69, 9.17) is 10.5 Å². The van der Waals surface area contributed by atoms with Crippen molar-refractivity contribution < 1.29 is 4.74 Å². The van der Waals surface area contributed by atoms with Crippen LogP contribution in [0.3, 0.4) is 0 Å². The quantitative estimate of drug-likeness (QED) is 0.921. The second-order valence-electron chi connectivity index (χ2n) is 4.83. The summed E-state index contributed by atoms with van der Waals surface area (Å²) in [5.41, 5.74) is 6.34. The summed E-state index contributed by atoms with van der Waals surface area (Å²) in [7, 11) is 1.75. The molecule has 1 fully saturated rings. The maximum Gasteiger partial charge on any atom is 0.0594 e. The lowest BCUT2D eigenvalue weighted by Gasteiger charge is -2.39. The molecular weight excluding hydrogens is 312 g/mol. The topological polar surface area (TPSA) is 38.5 Å². The highest BCUT2D eigenvalue weighted by molar-refractivity contribution is 9.10. The number of nitrogens with zero attached hydrogens (tertiary/aromatic N) is 1. The van der Waals surface area contributed by atoms with Gasteiger partial charge in [-0.2, -0.15) is 0 Å². The fourth-order valence-electron chi connectivity index (χ4n) is 2.58. The Morgan fingerprint density at radius 2 is 2.39 bits per heavy atom. The molecule has 2 unspecified atom stereocenters. The number of rotatable bonds is 4. The van der Waals surface area contributed by atoms with Crippen molar-refractivity contribution in [3.05, 3.63) is 20.3 Å². The first-order valence-corrected chi connectivity index (χ1v) is 7.99. The fraction of sp³-hybridized carbons (Fsp3) is 0.692. The molecule has 102 valence electrons. The number of piperidine rings is 1. The third-order valence-corrected chi connectivity index (χ3v) is 5.74. The van der Waals surface area contributed by atoms with Gasteiger partial charge in [-0.15, -0.1) is 11.3 Å². The van der Waals surface area contributed by atoms with Crippen LogP contribution in [0.15, 0.2) is 10.5 Å². The molecule has 0 aromatic carbocycles. The summed E-state index contributed by atoms with van der Waals surface area (Å²) < 4.78 is 6.41. The Labute approximate surface area is 121 Å². The van der Waals surface area contributed by atoms with E-state index in [0.717, 1.165) is 26.1 Å².